The van der Waals surface area contributed by atoms with Gasteiger partial charge in [0.2, 0.25) is 0 Å². The Bertz CT molecular complexity index is 386. The number of ether oxygens (including phenoxy) is 1. The van der Waals surface area contributed by atoms with E-state index in [-0.39, 0.29) is 5.54 Å². The molecule has 2 rings (SSSR count). The first-order valence-corrected chi connectivity index (χ1v) is 8.42. The Hall–Kier alpha value is -0.420. The van der Waals surface area contributed by atoms with E-state index < -0.39 is 0 Å². The van der Waals surface area contributed by atoms with E-state index in [0.29, 0.717) is 12.2 Å². The Balaban J connectivity index is 1.67. The number of nitrogens with one attached hydrogen (secondary N) is 1. The van der Waals surface area contributed by atoms with Crippen molar-refractivity contribution in [1.82, 2.24) is 10.2 Å². The quantitative estimate of drug-likeness (QED) is 0.873. The first kappa shape index (κ1) is 16.0. The highest BCUT2D eigenvalue weighted by molar-refractivity contribution is 7.09. The minimum Gasteiger partial charge on any atom is -0.372 e. The summed E-state index contributed by atoms with van der Waals surface area (Å²) in [6, 6.07) is 4.32. The van der Waals surface area contributed by atoms with E-state index in [1.54, 1.807) is 0 Å². The van der Waals surface area contributed by atoms with E-state index >= 15 is 0 Å². The van der Waals surface area contributed by atoms with Crippen molar-refractivity contribution in [2.75, 3.05) is 20.1 Å². The fourth-order valence-electron chi connectivity index (χ4n) is 2.57. The van der Waals surface area contributed by atoms with Crippen molar-refractivity contribution in [2.45, 2.75) is 57.9 Å². The summed E-state index contributed by atoms with van der Waals surface area (Å²) in [5.41, 5.74) is 0.178. The van der Waals surface area contributed by atoms with E-state index in [1.807, 2.05) is 11.3 Å². The SMILES string of the molecule is CN(Cc1cccs1)CC1CCC(CNC(C)(C)C)O1. The molecule has 1 aromatic rings. The maximum atomic E-state index is 6.15. The van der Waals surface area contributed by atoms with Gasteiger partial charge in [-0.15, -0.1) is 11.3 Å². The lowest BCUT2D eigenvalue weighted by Gasteiger charge is -2.24. The van der Waals surface area contributed by atoms with Gasteiger partial charge in [0.1, 0.15) is 0 Å². The summed E-state index contributed by atoms with van der Waals surface area (Å²) in [5.74, 6) is 0. The van der Waals surface area contributed by atoms with Gasteiger partial charge >= 0.3 is 0 Å². The van der Waals surface area contributed by atoms with Gasteiger partial charge in [0.05, 0.1) is 12.2 Å². The van der Waals surface area contributed by atoms with Crippen LogP contribution in [-0.2, 0) is 11.3 Å². The first-order valence-electron chi connectivity index (χ1n) is 7.54. The van der Waals surface area contributed by atoms with Crippen LogP contribution in [0.1, 0.15) is 38.5 Å². The molecule has 0 bridgehead atoms. The molecule has 0 aliphatic carbocycles. The van der Waals surface area contributed by atoms with Crippen molar-refractivity contribution in [3.63, 3.8) is 0 Å². The monoisotopic (exact) mass is 296 g/mol. The molecule has 1 fully saturated rings. The lowest BCUT2D eigenvalue weighted by molar-refractivity contribution is 0.0242. The molecule has 0 amide bonds. The Morgan fingerprint density at radius 1 is 1.35 bits per heavy atom. The lowest BCUT2D eigenvalue weighted by Crippen LogP contribution is -2.41. The highest BCUT2D eigenvalue weighted by Gasteiger charge is 2.26. The first-order chi connectivity index (χ1) is 9.42. The molecule has 2 unspecified atom stereocenters. The molecule has 114 valence electrons. The molecule has 1 N–H and O–H groups in total. The molecule has 0 radical (unpaired) electrons. The number of thiophene rings is 1. The van der Waals surface area contributed by atoms with Crippen LogP contribution in [0.5, 0.6) is 0 Å². The number of likely N-dealkylation sites (N-methyl/N-ethyl adjacent to an activating group) is 1. The second-order valence-corrected chi connectivity index (χ2v) is 7.90. The van der Waals surface area contributed by atoms with Crippen LogP contribution in [0.15, 0.2) is 17.5 Å². The minimum absolute atomic E-state index is 0.178. The van der Waals surface area contributed by atoms with Crippen LogP contribution in [0.2, 0.25) is 0 Å². The third kappa shape index (κ3) is 5.52. The van der Waals surface area contributed by atoms with Crippen molar-refractivity contribution in [1.29, 1.82) is 0 Å². The Morgan fingerprint density at radius 3 is 2.75 bits per heavy atom. The van der Waals surface area contributed by atoms with Crippen LogP contribution in [0.25, 0.3) is 0 Å². The van der Waals surface area contributed by atoms with Crippen LogP contribution in [0.3, 0.4) is 0 Å². The second-order valence-electron chi connectivity index (χ2n) is 6.86. The Morgan fingerprint density at radius 2 is 2.10 bits per heavy atom. The van der Waals surface area contributed by atoms with Crippen LogP contribution in [0.4, 0.5) is 0 Å². The smallest absolute Gasteiger partial charge is 0.0707 e. The zero-order valence-electron chi connectivity index (χ0n) is 13.2. The number of hydrogen-bond donors (Lipinski definition) is 1. The molecule has 3 nitrogen and oxygen atoms in total. The summed E-state index contributed by atoms with van der Waals surface area (Å²) in [6.45, 7) is 9.64. The fraction of sp³-hybridized carbons (Fsp3) is 0.750. The Labute approximate surface area is 127 Å². The van der Waals surface area contributed by atoms with E-state index in [9.17, 15) is 0 Å². The Kier molecular flexibility index (Phi) is 5.61. The largest absolute Gasteiger partial charge is 0.372 e. The summed E-state index contributed by atoms with van der Waals surface area (Å²) < 4.78 is 6.15. The molecule has 4 heteroatoms. The van der Waals surface area contributed by atoms with Crippen molar-refractivity contribution in [3.05, 3.63) is 22.4 Å². The van der Waals surface area contributed by atoms with Crippen molar-refractivity contribution in [2.24, 2.45) is 0 Å². The van der Waals surface area contributed by atoms with E-state index in [2.05, 4.69) is 55.5 Å². The van der Waals surface area contributed by atoms with Gasteiger partial charge in [-0.2, -0.15) is 0 Å². The second kappa shape index (κ2) is 7.03. The zero-order chi connectivity index (χ0) is 14.6. The molecule has 0 aromatic carbocycles. The molecular formula is C16H28N2OS. The molecule has 1 aliphatic rings. The van der Waals surface area contributed by atoms with Crippen LogP contribution in [-0.4, -0.2) is 42.8 Å². The maximum Gasteiger partial charge on any atom is 0.0707 e. The number of hydrogen-bond acceptors (Lipinski definition) is 4. The number of rotatable bonds is 6. The van der Waals surface area contributed by atoms with E-state index in [4.69, 9.17) is 4.74 Å². The summed E-state index contributed by atoms with van der Waals surface area (Å²) in [6.07, 6.45) is 3.15. The van der Waals surface area contributed by atoms with Crippen LogP contribution < -0.4 is 5.32 Å². The van der Waals surface area contributed by atoms with Gasteiger partial charge in [-0.25, -0.2) is 0 Å². The molecule has 0 spiro atoms. The summed E-state index contributed by atoms with van der Waals surface area (Å²) in [5, 5.41) is 5.68. The summed E-state index contributed by atoms with van der Waals surface area (Å²) >= 11 is 1.83. The van der Waals surface area contributed by atoms with Crippen molar-refractivity contribution < 1.29 is 4.74 Å². The highest BCUT2D eigenvalue weighted by atomic mass is 32.1. The lowest BCUT2D eigenvalue weighted by atomic mass is 10.1. The van der Waals surface area contributed by atoms with Gasteiger partial charge in [0.25, 0.3) is 0 Å². The third-order valence-corrected chi connectivity index (χ3v) is 4.44. The third-order valence-electron chi connectivity index (χ3n) is 3.58. The standard InChI is InChI=1S/C16H28N2OS/c1-16(2,3)17-10-13-7-8-14(19-13)11-18(4)12-15-6-5-9-20-15/h5-6,9,13-14,17H,7-8,10-12H2,1-4H3. The summed E-state index contributed by atoms with van der Waals surface area (Å²) in [4.78, 5) is 3.80. The fourth-order valence-corrected chi connectivity index (χ4v) is 3.35. The van der Waals surface area contributed by atoms with Gasteiger partial charge in [-0.1, -0.05) is 6.07 Å². The van der Waals surface area contributed by atoms with Crippen molar-refractivity contribution in [3.8, 4) is 0 Å². The number of nitrogens with zero attached hydrogens (tertiary/aromatic N) is 1. The maximum absolute atomic E-state index is 6.15. The zero-order valence-corrected chi connectivity index (χ0v) is 14.0. The topological polar surface area (TPSA) is 24.5 Å². The highest BCUT2D eigenvalue weighted by Crippen LogP contribution is 2.21. The summed E-state index contributed by atoms with van der Waals surface area (Å²) in [7, 11) is 2.18. The van der Waals surface area contributed by atoms with Gasteiger partial charge < -0.3 is 10.1 Å². The van der Waals surface area contributed by atoms with Gasteiger partial charge in [-0.3, -0.25) is 4.90 Å². The molecule has 1 aliphatic heterocycles. The molecule has 2 heterocycles. The average Bonchev–Trinajstić information content (AvgIpc) is 2.97. The van der Waals surface area contributed by atoms with Gasteiger partial charge in [0.15, 0.2) is 0 Å². The molecule has 1 aromatic heterocycles. The molecule has 20 heavy (non-hydrogen) atoms. The van der Waals surface area contributed by atoms with Crippen LogP contribution >= 0.6 is 11.3 Å². The molecule has 0 saturated carbocycles. The predicted molar refractivity (Wildman–Crippen MR) is 86.3 cm³/mol. The van der Waals surface area contributed by atoms with Crippen LogP contribution in [0, 0.1) is 0 Å². The minimum atomic E-state index is 0.178. The normalized spacial score (nSPS) is 23.6. The molecule has 1 saturated heterocycles. The van der Waals surface area contributed by atoms with Gasteiger partial charge in [0, 0.05) is 30.1 Å². The van der Waals surface area contributed by atoms with Gasteiger partial charge in [-0.05, 0) is 52.1 Å². The van der Waals surface area contributed by atoms with Crippen molar-refractivity contribution >= 4 is 11.3 Å². The van der Waals surface area contributed by atoms with E-state index in [1.165, 1.54) is 17.7 Å². The molecular weight excluding hydrogens is 268 g/mol. The predicted octanol–water partition coefficient (Wildman–Crippen LogP) is 3.12. The average molecular weight is 296 g/mol. The van der Waals surface area contributed by atoms with E-state index in [0.717, 1.165) is 19.6 Å². The molecule has 2 atom stereocenters.